The zero-order valence-electron chi connectivity index (χ0n) is 10.9. The molecule has 0 amide bonds. The van der Waals surface area contributed by atoms with Crippen LogP contribution in [0.15, 0.2) is 23.6 Å². The summed E-state index contributed by atoms with van der Waals surface area (Å²) in [5.74, 6) is 0.660. The lowest BCUT2D eigenvalue weighted by Gasteiger charge is -2.34. The Morgan fingerprint density at radius 2 is 2.30 bits per heavy atom. The lowest BCUT2D eigenvalue weighted by molar-refractivity contribution is -0.384. The van der Waals surface area contributed by atoms with Crippen molar-refractivity contribution in [1.29, 1.82) is 0 Å². The minimum atomic E-state index is -0.405. The average Bonchev–Trinajstić information content (AvgIpc) is 2.88. The zero-order chi connectivity index (χ0) is 14.3. The standard InChI is InChI=1S/C13H14N4O2S/c1-8-9-5-7-20-11(9)4-6-16(8)13-10(17(18)19)2-3-12(14)15-13/h2-3,5,7-8H,4,6H2,1H3,(H2,14,15). The Kier molecular flexibility index (Phi) is 3.06. The van der Waals surface area contributed by atoms with Crippen molar-refractivity contribution in [3.05, 3.63) is 44.1 Å². The first-order valence-electron chi connectivity index (χ1n) is 6.31. The highest BCUT2D eigenvalue weighted by Crippen LogP contribution is 2.38. The summed E-state index contributed by atoms with van der Waals surface area (Å²) in [7, 11) is 0. The topological polar surface area (TPSA) is 85.3 Å². The fraction of sp³-hybridized carbons (Fsp3) is 0.308. The minimum absolute atomic E-state index is 0.00438. The number of hydrogen-bond donors (Lipinski definition) is 1. The van der Waals surface area contributed by atoms with E-state index in [4.69, 9.17) is 5.73 Å². The van der Waals surface area contributed by atoms with Crippen LogP contribution >= 0.6 is 11.3 Å². The molecular formula is C13H14N4O2S. The van der Waals surface area contributed by atoms with Gasteiger partial charge >= 0.3 is 5.69 Å². The first-order chi connectivity index (χ1) is 9.58. The molecule has 0 fully saturated rings. The number of hydrogen-bond acceptors (Lipinski definition) is 6. The van der Waals surface area contributed by atoms with E-state index in [0.29, 0.717) is 18.2 Å². The van der Waals surface area contributed by atoms with Crippen LogP contribution in [0.25, 0.3) is 0 Å². The second-order valence-corrected chi connectivity index (χ2v) is 5.76. The highest BCUT2D eigenvalue weighted by atomic mass is 32.1. The third kappa shape index (κ3) is 2.00. The number of nitrogens with zero attached hydrogens (tertiary/aromatic N) is 3. The summed E-state index contributed by atoms with van der Waals surface area (Å²) in [6, 6.07) is 5.03. The van der Waals surface area contributed by atoms with Gasteiger partial charge < -0.3 is 10.6 Å². The van der Waals surface area contributed by atoms with Crippen LogP contribution in [0.4, 0.5) is 17.3 Å². The molecular weight excluding hydrogens is 276 g/mol. The Morgan fingerprint density at radius 1 is 1.50 bits per heavy atom. The van der Waals surface area contributed by atoms with Crippen LogP contribution in [0.5, 0.6) is 0 Å². The third-order valence-corrected chi connectivity index (χ3v) is 4.62. The van der Waals surface area contributed by atoms with Gasteiger partial charge in [0.1, 0.15) is 5.82 Å². The molecule has 7 heteroatoms. The summed E-state index contributed by atoms with van der Waals surface area (Å²) in [4.78, 5) is 18.3. The maximum Gasteiger partial charge on any atom is 0.311 e. The molecule has 20 heavy (non-hydrogen) atoms. The van der Waals surface area contributed by atoms with E-state index in [9.17, 15) is 10.1 Å². The average molecular weight is 290 g/mol. The summed E-state index contributed by atoms with van der Waals surface area (Å²) in [5.41, 5.74) is 6.92. The van der Waals surface area contributed by atoms with Crippen molar-refractivity contribution in [2.24, 2.45) is 0 Å². The maximum atomic E-state index is 11.2. The van der Waals surface area contributed by atoms with Crippen molar-refractivity contribution in [1.82, 2.24) is 4.98 Å². The van der Waals surface area contributed by atoms with Crippen molar-refractivity contribution < 1.29 is 4.92 Å². The quantitative estimate of drug-likeness (QED) is 0.679. The number of rotatable bonds is 2. The normalized spacial score (nSPS) is 17.9. The lowest BCUT2D eigenvalue weighted by Crippen LogP contribution is -2.34. The van der Waals surface area contributed by atoms with Crippen LogP contribution in [0.1, 0.15) is 23.4 Å². The van der Waals surface area contributed by atoms with Crippen molar-refractivity contribution in [2.75, 3.05) is 17.2 Å². The molecule has 0 aliphatic carbocycles. The molecule has 1 aliphatic rings. The Bertz CT molecular complexity index is 670. The van der Waals surface area contributed by atoms with Gasteiger partial charge in [0.2, 0.25) is 5.82 Å². The van der Waals surface area contributed by atoms with Crippen molar-refractivity contribution in [3.63, 3.8) is 0 Å². The number of aromatic nitrogens is 1. The van der Waals surface area contributed by atoms with Gasteiger partial charge in [-0.15, -0.1) is 11.3 Å². The van der Waals surface area contributed by atoms with Gasteiger partial charge in [-0.05, 0) is 36.4 Å². The molecule has 0 radical (unpaired) electrons. The van der Waals surface area contributed by atoms with E-state index in [1.165, 1.54) is 22.6 Å². The summed E-state index contributed by atoms with van der Waals surface area (Å²) in [5, 5.41) is 13.2. The number of nitrogen functional groups attached to an aromatic ring is 1. The number of fused-ring (bicyclic) bond motifs is 1. The molecule has 1 unspecified atom stereocenters. The van der Waals surface area contributed by atoms with E-state index >= 15 is 0 Å². The zero-order valence-corrected chi connectivity index (χ0v) is 11.8. The lowest BCUT2D eigenvalue weighted by atomic mass is 10.0. The van der Waals surface area contributed by atoms with Crippen LogP contribution < -0.4 is 10.6 Å². The molecule has 0 bridgehead atoms. The smallest absolute Gasteiger partial charge is 0.311 e. The molecule has 3 rings (SSSR count). The number of pyridine rings is 1. The Balaban J connectivity index is 2.06. The molecule has 0 saturated heterocycles. The molecule has 3 heterocycles. The molecule has 0 aromatic carbocycles. The van der Waals surface area contributed by atoms with Gasteiger partial charge in [0.05, 0.1) is 11.0 Å². The van der Waals surface area contributed by atoms with Crippen LogP contribution in [0.3, 0.4) is 0 Å². The summed E-state index contributed by atoms with van der Waals surface area (Å²) >= 11 is 1.73. The first-order valence-corrected chi connectivity index (χ1v) is 7.19. The minimum Gasteiger partial charge on any atom is -0.384 e. The predicted molar refractivity (Wildman–Crippen MR) is 79.1 cm³/mol. The van der Waals surface area contributed by atoms with Gasteiger partial charge in [0, 0.05) is 17.5 Å². The predicted octanol–water partition coefficient (Wildman–Crippen LogP) is 2.76. The maximum absolute atomic E-state index is 11.2. The molecule has 2 N–H and O–H groups in total. The van der Waals surface area contributed by atoms with E-state index in [2.05, 4.69) is 16.4 Å². The van der Waals surface area contributed by atoms with Crippen LogP contribution in [-0.2, 0) is 6.42 Å². The van der Waals surface area contributed by atoms with E-state index in [-0.39, 0.29) is 11.7 Å². The monoisotopic (exact) mass is 290 g/mol. The number of nitrogens with two attached hydrogens (primary N) is 1. The van der Waals surface area contributed by atoms with E-state index in [1.54, 1.807) is 11.3 Å². The second kappa shape index (κ2) is 4.75. The molecule has 6 nitrogen and oxygen atoms in total. The first kappa shape index (κ1) is 12.9. The summed E-state index contributed by atoms with van der Waals surface area (Å²) in [6.07, 6.45) is 0.880. The Morgan fingerprint density at radius 3 is 3.05 bits per heavy atom. The Hall–Kier alpha value is -2.15. The molecule has 2 aromatic heterocycles. The molecule has 1 aliphatic heterocycles. The fourth-order valence-electron chi connectivity index (χ4n) is 2.61. The molecule has 104 valence electrons. The van der Waals surface area contributed by atoms with Crippen LogP contribution in [0.2, 0.25) is 0 Å². The highest BCUT2D eigenvalue weighted by molar-refractivity contribution is 7.10. The van der Waals surface area contributed by atoms with Crippen molar-refractivity contribution in [3.8, 4) is 0 Å². The number of thiophene rings is 1. The molecule has 0 saturated carbocycles. The molecule has 1 atom stereocenters. The van der Waals surface area contributed by atoms with Gasteiger partial charge in [-0.2, -0.15) is 0 Å². The molecule has 2 aromatic rings. The highest BCUT2D eigenvalue weighted by Gasteiger charge is 2.30. The van der Waals surface area contributed by atoms with Crippen molar-refractivity contribution in [2.45, 2.75) is 19.4 Å². The van der Waals surface area contributed by atoms with E-state index < -0.39 is 4.92 Å². The van der Waals surface area contributed by atoms with Crippen LogP contribution in [0, 0.1) is 10.1 Å². The van der Waals surface area contributed by atoms with Crippen LogP contribution in [-0.4, -0.2) is 16.5 Å². The summed E-state index contributed by atoms with van der Waals surface area (Å²) < 4.78 is 0. The SMILES string of the molecule is CC1c2ccsc2CCN1c1nc(N)ccc1[N+](=O)[O-]. The van der Waals surface area contributed by atoms with Crippen molar-refractivity contribution >= 4 is 28.7 Å². The van der Waals surface area contributed by atoms with Gasteiger partial charge in [0.15, 0.2) is 0 Å². The Labute approximate surface area is 120 Å². The van der Waals surface area contributed by atoms with Gasteiger partial charge in [-0.25, -0.2) is 4.98 Å². The molecule has 0 spiro atoms. The summed E-state index contributed by atoms with van der Waals surface area (Å²) in [6.45, 7) is 2.76. The van der Waals surface area contributed by atoms with E-state index in [0.717, 1.165) is 6.42 Å². The van der Waals surface area contributed by atoms with Gasteiger partial charge in [0.25, 0.3) is 0 Å². The van der Waals surface area contributed by atoms with Gasteiger partial charge in [-0.1, -0.05) is 0 Å². The number of anilines is 2. The fourth-order valence-corrected chi connectivity index (χ4v) is 3.57. The largest absolute Gasteiger partial charge is 0.384 e. The second-order valence-electron chi connectivity index (χ2n) is 4.75. The third-order valence-electron chi connectivity index (χ3n) is 3.62. The van der Waals surface area contributed by atoms with Gasteiger partial charge in [-0.3, -0.25) is 10.1 Å². The number of nitro groups is 1. The van der Waals surface area contributed by atoms with E-state index in [1.807, 2.05) is 11.8 Å².